The summed E-state index contributed by atoms with van der Waals surface area (Å²) in [6, 6.07) is 0. The van der Waals surface area contributed by atoms with Crippen molar-refractivity contribution >= 4 is 11.6 Å². The van der Waals surface area contributed by atoms with Crippen molar-refractivity contribution in [3.8, 4) is 0 Å². The van der Waals surface area contributed by atoms with Crippen molar-refractivity contribution < 1.29 is 0 Å². The molecule has 0 spiro atoms. The van der Waals surface area contributed by atoms with Gasteiger partial charge in [-0.05, 0) is 32.4 Å². The van der Waals surface area contributed by atoms with E-state index in [0.29, 0.717) is 0 Å². The highest BCUT2D eigenvalue weighted by Crippen LogP contribution is 2.13. The van der Waals surface area contributed by atoms with Gasteiger partial charge in [0.05, 0.1) is 5.50 Å². The number of unbranched alkanes of at least 4 members (excludes halogenated alkanes) is 1. The maximum absolute atomic E-state index is 6.31. The zero-order chi connectivity index (χ0) is 10.1. The predicted octanol–water partition coefficient (Wildman–Crippen LogP) is 3.86. The summed E-state index contributed by atoms with van der Waals surface area (Å²) < 4.78 is 0. The second-order valence-electron chi connectivity index (χ2n) is 3.61. The van der Waals surface area contributed by atoms with Gasteiger partial charge in [-0.15, -0.1) is 11.6 Å². The van der Waals surface area contributed by atoms with Crippen molar-refractivity contribution in [1.29, 1.82) is 0 Å². The molecule has 13 heavy (non-hydrogen) atoms. The second kappa shape index (κ2) is 8.83. The highest BCUT2D eigenvalue weighted by Gasteiger charge is 2.12. The second-order valence-corrected chi connectivity index (χ2v) is 4.12. The maximum atomic E-state index is 6.31. The zero-order valence-corrected chi connectivity index (χ0v) is 10.1. The molecule has 0 aliphatic carbocycles. The molecule has 0 fully saturated rings. The van der Waals surface area contributed by atoms with Gasteiger partial charge in [-0.2, -0.15) is 0 Å². The van der Waals surface area contributed by atoms with Crippen LogP contribution in [0.1, 0.15) is 52.9 Å². The first-order chi connectivity index (χ1) is 6.26. The molecule has 0 aliphatic heterocycles. The molecule has 0 bridgehead atoms. The zero-order valence-electron chi connectivity index (χ0n) is 9.35. The van der Waals surface area contributed by atoms with E-state index in [0.717, 1.165) is 19.5 Å². The van der Waals surface area contributed by atoms with Crippen LogP contribution in [0.25, 0.3) is 0 Å². The molecule has 0 saturated carbocycles. The summed E-state index contributed by atoms with van der Waals surface area (Å²) in [7, 11) is 0. The molecule has 0 N–H and O–H groups in total. The molecule has 0 aromatic heterocycles. The highest BCUT2D eigenvalue weighted by molar-refractivity contribution is 6.20. The highest BCUT2D eigenvalue weighted by atomic mass is 35.5. The number of rotatable bonds is 8. The average molecular weight is 206 g/mol. The summed E-state index contributed by atoms with van der Waals surface area (Å²) in [5, 5.41) is 0. The Morgan fingerprint density at radius 2 is 1.54 bits per heavy atom. The van der Waals surface area contributed by atoms with E-state index in [1.54, 1.807) is 0 Å². The van der Waals surface area contributed by atoms with E-state index >= 15 is 0 Å². The third kappa shape index (κ3) is 6.34. The Bertz CT molecular complexity index is 100. The molecule has 0 aromatic rings. The Hall–Kier alpha value is 0.250. The van der Waals surface area contributed by atoms with Crippen LogP contribution in [0.2, 0.25) is 0 Å². The minimum Gasteiger partial charge on any atom is -0.287 e. The maximum Gasteiger partial charge on any atom is 0.0850 e. The van der Waals surface area contributed by atoms with Gasteiger partial charge in [0.15, 0.2) is 0 Å². The van der Waals surface area contributed by atoms with Crippen LogP contribution in [0.5, 0.6) is 0 Å². The minimum absolute atomic E-state index is 0.264. The van der Waals surface area contributed by atoms with E-state index in [-0.39, 0.29) is 5.50 Å². The SMILES string of the molecule is CCCCC(Cl)N(CCC)CCC. The smallest absolute Gasteiger partial charge is 0.0850 e. The van der Waals surface area contributed by atoms with Gasteiger partial charge in [-0.3, -0.25) is 4.90 Å². The first kappa shape index (κ1) is 13.2. The van der Waals surface area contributed by atoms with Crippen LogP contribution in [0, 0.1) is 0 Å². The van der Waals surface area contributed by atoms with Crippen molar-refractivity contribution in [3.63, 3.8) is 0 Å². The molecule has 80 valence electrons. The van der Waals surface area contributed by atoms with Gasteiger partial charge in [0.2, 0.25) is 0 Å². The number of alkyl halides is 1. The van der Waals surface area contributed by atoms with Crippen molar-refractivity contribution in [2.75, 3.05) is 13.1 Å². The lowest BCUT2D eigenvalue weighted by Crippen LogP contribution is -2.32. The number of hydrogen-bond donors (Lipinski definition) is 0. The quantitative estimate of drug-likeness (QED) is 0.430. The summed E-state index contributed by atoms with van der Waals surface area (Å²) >= 11 is 6.31. The Kier molecular flexibility index (Phi) is 9.00. The molecule has 1 nitrogen and oxygen atoms in total. The van der Waals surface area contributed by atoms with E-state index < -0.39 is 0 Å². The lowest BCUT2D eigenvalue weighted by molar-refractivity contribution is 0.240. The van der Waals surface area contributed by atoms with Crippen molar-refractivity contribution in [2.45, 2.75) is 58.4 Å². The van der Waals surface area contributed by atoms with Gasteiger partial charge in [0.1, 0.15) is 0 Å². The number of nitrogens with zero attached hydrogens (tertiary/aromatic N) is 1. The number of halogens is 1. The molecule has 0 aliphatic rings. The Morgan fingerprint density at radius 3 is 1.92 bits per heavy atom. The molecule has 0 radical (unpaired) electrons. The normalized spacial score (nSPS) is 13.6. The van der Waals surface area contributed by atoms with Crippen LogP contribution in [-0.4, -0.2) is 23.5 Å². The summed E-state index contributed by atoms with van der Waals surface area (Å²) in [4.78, 5) is 2.40. The molecular formula is C11H24ClN. The molecule has 1 unspecified atom stereocenters. The van der Waals surface area contributed by atoms with E-state index in [9.17, 15) is 0 Å². The average Bonchev–Trinajstić information content (AvgIpc) is 2.14. The lowest BCUT2D eigenvalue weighted by Gasteiger charge is -2.26. The predicted molar refractivity (Wildman–Crippen MR) is 61.3 cm³/mol. The minimum atomic E-state index is 0.264. The Balaban J connectivity index is 3.72. The summed E-state index contributed by atoms with van der Waals surface area (Å²) in [5.41, 5.74) is 0.264. The van der Waals surface area contributed by atoms with Gasteiger partial charge in [0.25, 0.3) is 0 Å². The molecule has 0 saturated heterocycles. The molecule has 0 aromatic carbocycles. The van der Waals surface area contributed by atoms with Gasteiger partial charge < -0.3 is 0 Å². The van der Waals surface area contributed by atoms with Crippen LogP contribution in [0.15, 0.2) is 0 Å². The van der Waals surface area contributed by atoms with E-state index in [1.165, 1.54) is 25.7 Å². The molecular weight excluding hydrogens is 182 g/mol. The first-order valence-corrected chi connectivity index (χ1v) is 6.07. The standard InChI is InChI=1S/C11H24ClN/c1-4-7-8-11(12)13(9-5-2)10-6-3/h11H,4-10H2,1-3H3. The first-order valence-electron chi connectivity index (χ1n) is 5.64. The molecule has 0 amide bonds. The third-order valence-corrected chi connectivity index (χ3v) is 2.71. The van der Waals surface area contributed by atoms with E-state index in [2.05, 4.69) is 25.7 Å². The largest absolute Gasteiger partial charge is 0.287 e. The van der Waals surface area contributed by atoms with Gasteiger partial charge in [-0.25, -0.2) is 0 Å². The van der Waals surface area contributed by atoms with Crippen LogP contribution < -0.4 is 0 Å². The van der Waals surface area contributed by atoms with Crippen molar-refractivity contribution in [1.82, 2.24) is 4.90 Å². The lowest BCUT2D eigenvalue weighted by atomic mass is 10.2. The fourth-order valence-corrected chi connectivity index (χ4v) is 1.87. The third-order valence-electron chi connectivity index (χ3n) is 2.21. The van der Waals surface area contributed by atoms with Gasteiger partial charge in [-0.1, -0.05) is 33.6 Å². The Morgan fingerprint density at radius 1 is 1.00 bits per heavy atom. The van der Waals surface area contributed by atoms with Crippen LogP contribution in [0.3, 0.4) is 0 Å². The number of hydrogen-bond acceptors (Lipinski definition) is 1. The van der Waals surface area contributed by atoms with E-state index in [1.807, 2.05) is 0 Å². The van der Waals surface area contributed by atoms with Crippen LogP contribution >= 0.6 is 11.6 Å². The summed E-state index contributed by atoms with van der Waals surface area (Å²) in [5.74, 6) is 0. The molecule has 0 rings (SSSR count). The summed E-state index contributed by atoms with van der Waals surface area (Å²) in [6.45, 7) is 8.93. The Labute approximate surface area is 88.5 Å². The molecule has 1 atom stereocenters. The van der Waals surface area contributed by atoms with Crippen LogP contribution in [-0.2, 0) is 0 Å². The van der Waals surface area contributed by atoms with Gasteiger partial charge in [0, 0.05) is 0 Å². The topological polar surface area (TPSA) is 3.24 Å². The van der Waals surface area contributed by atoms with Gasteiger partial charge >= 0.3 is 0 Å². The fraction of sp³-hybridized carbons (Fsp3) is 1.00. The van der Waals surface area contributed by atoms with Crippen molar-refractivity contribution in [3.05, 3.63) is 0 Å². The molecule has 0 heterocycles. The summed E-state index contributed by atoms with van der Waals surface area (Å²) in [6.07, 6.45) is 6.04. The fourth-order valence-electron chi connectivity index (χ4n) is 1.52. The van der Waals surface area contributed by atoms with E-state index in [4.69, 9.17) is 11.6 Å². The van der Waals surface area contributed by atoms with Crippen LogP contribution in [0.4, 0.5) is 0 Å². The van der Waals surface area contributed by atoms with Crippen molar-refractivity contribution in [2.24, 2.45) is 0 Å². The molecule has 2 heteroatoms. The monoisotopic (exact) mass is 205 g/mol.